The molecule has 0 saturated carbocycles. The second-order valence-corrected chi connectivity index (χ2v) is 6.05. The molecule has 1 saturated heterocycles. The van der Waals surface area contributed by atoms with Crippen LogP contribution in [0.4, 0.5) is 5.82 Å². The van der Waals surface area contributed by atoms with Gasteiger partial charge in [-0.3, -0.25) is 0 Å². The molecule has 1 aliphatic rings. The zero-order valence-electron chi connectivity index (χ0n) is 13.1. The van der Waals surface area contributed by atoms with Crippen molar-refractivity contribution in [3.8, 4) is 11.5 Å². The van der Waals surface area contributed by atoms with Crippen LogP contribution in [0.25, 0.3) is 10.9 Å². The number of halogens is 1. The minimum atomic E-state index is 0.258. The highest BCUT2D eigenvalue weighted by Crippen LogP contribution is 2.36. The summed E-state index contributed by atoms with van der Waals surface area (Å²) < 4.78 is 10.7. The van der Waals surface area contributed by atoms with Crippen molar-refractivity contribution in [3.05, 3.63) is 17.4 Å². The molecule has 0 unspecified atom stereocenters. The molecule has 1 aliphatic heterocycles. The third-order valence-electron chi connectivity index (χ3n) is 4.24. The first kappa shape index (κ1) is 15.2. The summed E-state index contributed by atoms with van der Waals surface area (Å²) in [6.45, 7) is 4.26. The molecule has 2 aromatic rings. The number of hydrogen-bond acceptors (Lipinski definition) is 5. The van der Waals surface area contributed by atoms with E-state index in [1.807, 2.05) is 12.1 Å². The van der Waals surface area contributed by atoms with E-state index in [0.717, 1.165) is 48.6 Å². The molecule has 22 heavy (non-hydrogen) atoms. The van der Waals surface area contributed by atoms with Gasteiger partial charge >= 0.3 is 0 Å². The normalized spacial score (nSPS) is 16.1. The standard InChI is InChI=1S/C16H20ClN3O2/c1-10-4-6-20(7-5-10)15-11-8-13(21-2)14(22-3)9-12(11)18-16(17)19-15/h8-10H,4-7H2,1-3H3. The van der Waals surface area contributed by atoms with Gasteiger partial charge in [-0.1, -0.05) is 6.92 Å². The van der Waals surface area contributed by atoms with E-state index in [1.165, 1.54) is 0 Å². The lowest BCUT2D eigenvalue weighted by Crippen LogP contribution is -2.33. The molecular formula is C16H20ClN3O2. The number of methoxy groups -OCH3 is 2. The quantitative estimate of drug-likeness (QED) is 0.809. The average Bonchev–Trinajstić information content (AvgIpc) is 2.53. The van der Waals surface area contributed by atoms with E-state index in [9.17, 15) is 0 Å². The Morgan fingerprint density at radius 2 is 1.73 bits per heavy atom. The topological polar surface area (TPSA) is 47.5 Å². The highest BCUT2D eigenvalue weighted by Gasteiger charge is 2.21. The van der Waals surface area contributed by atoms with E-state index in [2.05, 4.69) is 21.8 Å². The highest BCUT2D eigenvalue weighted by molar-refractivity contribution is 6.28. The van der Waals surface area contributed by atoms with E-state index in [0.29, 0.717) is 11.5 Å². The number of fused-ring (bicyclic) bond motifs is 1. The van der Waals surface area contributed by atoms with Gasteiger partial charge < -0.3 is 14.4 Å². The maximum Gasteiger partial charge on any atom is 0.224 e. The van der Waals surface area contributed by atoms with E-state index in [-0.39, 0.29) is 5.28 Å². The Kier molecular flexibility index (Phi) is 4.25. The van der Waals surface area contributed by atoms with Crippen molar-refractivity contribution in [2.24, 2.45) is 5.92 Å². The molecule has 0 radical (unpaired) electrons. The number of anilines is 1. The maximum atomic E-state index is 6.12. The first-order valence-corrected chi connectivity index (χ1v) is 7.84. The zero-order valence-corrected chi connectivity index (χ0v) is 13.9. The molecule has 2 heterocycles. The first-order chi connectivity index (χ1) is 10.6. The number of benzene rings is 1. The van der Waals surface area contributed by atoms with Crippen LogP contribution in [-0.2, 0) is 0 Å². The van der Waals surface area contributed by atoms with Crippen molar-refractivity contribution >= 4 is 28.3 Å². The summed E-state index contributed by atoms with van der Waals surface area (Å²) in [5, 5.41) is 1.20. The molecule has 0 N–H and O–H groups in total. The minimum absolute atomic E-state index is 0.258. The monoisotopic (exact) mass is 321 g/mol. The summed E-state index contributed by atoms with van der Waals surface area (Å²) in [5.41, 5.74) is 0.770. The summed E-state index contributed by atoms with van der Waals surface area (Å²) >= 11 is 6.12. The number of nitrogens with zero attached hydrogens (tertiary/aromatic N) is 3. The second kappa shape index (κ2) is 6.16. The molecular weight excluding hydrogens is 302 g/mol. The van der Waals surface area contributed by atoms with Crippen LogP contribution in [0.5, 0.6) is 11.5 Å². The third-order valence-corrected chi connectivity index (χ3v) is 4.41. The lowest BCUT2D eigenvalue weighted by atomic mass is 9.99. The molecule has 1 fully saturated rings. The number of piperidine rings is 1. The smallest absolute Gasteiger partial charge is 0.224 e. The summed E-state index contributed by atoms with van der Waals surface area (Å²) in [6, 6.07) is 3.77. The fraction of sp³-hybridized carbons (Fsp3) is 0.500. The molecule has 3 rings (SSSR count). The molecule has 5 nitrogen and oxygen atoms in total. The number of aromatic nitrogens is 2. The zero-order chi connectivity index (χ0) is 15.7. The Bertz CT molecular complexity index is 685. The van der Waals surface area contributed by atoms with Crippen molar-refractivity contribution in [1.29, 1.82) is 0 Å². The summed E-state index contributed by atoms with van der Waals surface area (Å²) in [5.74, 6) is 2.95. The summed E-state index contributed by atoms with van der Waals surface area (Å²) in [7, 11) is 3.24. The molecule has 0 bridgehead atoms. The third kappa shape index (κ3) is 2.77. The Labute approximate surface area is 135 Å². The van der Waals surface area contributed by atoms with Crippen molar-refractivity contribution in [1.82, 2.24) is 9.97 Å². The maximum absolute atomic E-state index is 6.12. The van der Waals surface area contributed by atoms with Gasteiger partial charge in [-0.2, -0.15) is 4.98 Å². The predicted octanol–water partition coefficient (Wildman–Crippen LogP) is 3.54. The molecule has 0 amide bonds. The van der Waals surface area contributed by atoms with E-state index < -0.39 is 0 Å². The Morgan fingerprint density at radius 1 is 1.09 bits per heavy atom. The Hall–Kier alpha value is -1.75. The second-order valence-electron chi connectivity index (χ2n) is 5.71. The fourth-order valence-electron chi connectivity index (χ4n) is 2.87. The van der Waals surface area contributed by atoms with Crippen molar-refractivity contribution < 1.29 is 9.47 Å². The van der Waals surface area contributed by atoms with Crippen LogP contribution in [-0.4, -0.2) is 37.3 Å². The predicted molar refractivity (Wildman–Crippen MR) is 88.3 cm³/mol. The molecule has 118 valence electrons. The van der Waals surface area contributed by atoms with Crippen LogP contribution in [0.2, 0.25) is 5.28 Å². The molecule has 0 spiro atoms. The van der Waals surface area contributed by atoms with Crippen molar-refractivity contribution in [3.63, 3.8) is 0 Å². The van der Waals surface area contributed by atoms with Gasteiger partial charge in [0.15, 0.2) is 11.5 Å². The largest absolute Gasteiger partial charge is 0.493 e. The highest BCUT2D eigenvalue weighted by atomic mass is 35.5. The lowest BCUT2D eigenvalue weighted by Gasteiger charge is -2.32. The van der Waals surface area contributed by atoms with Gasteiger partial charge in [-0.05, 0) is 36.4 Å². The summed E-state index contributed by atoms with van der Waals surface area (Å²) in [6.07, 6.45) is 2.33. The summed E-state index contributed by atoms with van der Waals surface area (Å²) in [4.78, 5) is 11.1. The van der Waals surface area contributed by atoms with Crippen molar-refractivity contribution in [2.75, 3.05) is 32.2 Å². The number of rotatable bonds is 3. The molecule has 1 aromatic heterocycles. The van der Waals surface area contributed by atoms with Crippen molar-refractivity contribution in [2.45, 2.75) is 19.8 Å². The fourth-order valence-corrected chi connectivity index (χ4v) is 3.04. The van der Waals surface area contributed by atoms with Gasteiger partial charge in [0.05, 0.1) is 19.7 Å². The lowest BCUT2D eigenvalue weighted by molar-refractivity contribution is 0.355. The number of hydrogen-bond donors (Lipinski definition) is 0. The van der Waals surface area contributed by atoms with Gasteiger partial charge in [-0.15, -0.1) is 0 Å². The van der Waals surface area contributed by atoms with Gasteiger partial charge in [0.1, 0.15) is 5.82 Å². The molecule has 1 aromatic carbocycles. The Balaban J connectivity index is 2.12. The SMILES string of the molecule is COc1cc2nc(Cl)nc(N3CCC(C)CC3)c2cc1OC. The van der Waals surface area contributed by atoms with Crippen LogP contribution in [0.1, 0.15) is 19.8 Å². The molecule has 0 atom stereocenters. The van der Waals surface area contributed by atoms with Crippen LogP contribution in [0.3, 0.4) is 0 Å². The first-order valence-electron chi connectivity index (χ1n) is 7.46. The van der Waals surface area contributed by atoms with Gasteiger partial charge in [0.2, 0.25) is 5.28 Å². The number of ether oxygens (including phenoxy) is 2. The molecule has 0 aliphatic carbocycles. The van der Waals surface area contributed by atoms with Gasteiger partial charge in [0.25, 0.3) is 0 Å². The van der Waals surface area contributed by atoms with Gasteiger partial charge in [0, 0.05) is 24.5 Å². The van der Waals surface area contributed by atoms with Gasteiger partial charge in [-0.25, -0.2) is 4.98 Å². The van der Waals surface area contributed by atoms with Crippen LogP contribution in [0.15, 0.2) is 12.1 Å². The van der Waals surface area contributed by atoms with E-state index >= 15 is 0 Å². The van der Waals surface area contributed by atoms with E-state index in [4.69, 9.17) is 21.1 Å². The van der Waals surface area contributed by atoms with E-state index in [1.54, 1.807) is 14.2 Å². The van der Waals surface area contributed by atoms with Crippen LogP contribution in [0, 0.1) is 5.92 Å². The van der Waals surface area contributed by atoms with Crippen LogP contribution >= 0.6 is 11.6 Å². The average molecular weight is 322 g/mol. The molecule has 6 heteroatoms. The minimum Gasteiger partial charge on any atom is -0.493 e. The Morgan fingerprint density at radius 3 is 2.36 bits per heavy atom. The van der Waals surface area contributed by atoms with Crippen LogP contribution < -0.4 is 14.4 Å².